The van der Waals surface area contributed by atoms with Crippen LogP contribution in [0, 0.1) is 11.7 Å². The number of ketones is 1. The Kier molecular flexibility index (Phi) is 7.55. The number of amides is 1. The fourth-order valence-electron chi connectivity index (χ4n) is 4.64. The fraction of sp³-hybridized carbons (Fsp3) is 0.276. The molecule has 0 aliphatic carbocycles. The van der Waals surface area contributed by atoms with Gasteiger partial charge in [0.1, 0.15) is 5.82 Å². The van der Waals surface area contributed by atoms with Crippen molar-refractivity contribution in [3.8, 4) is 0 Å². The van der Waals surface area contributed by atoms with Gasteiger partial charge in [-0.25, -0.2) is 9.38 Å². The molecule has 7 heteroatoms. The molecule has 186 valence electrons. The summed E-state index contributed by atoms with van der Waals surface area (Å²) in [6.45, 7) is 4.28. The number of hydrogen-bond donors (Lipinski definition) is 1. The van der Waals surface area contributed by atoms with E-state index in [4.69, 9.17) is 17.3 Å². The van der Waals surface area contributed by atoms with E-state index in [0.717, 1.165) is 16.7 Å². The Hall–Kier alpha value is -3.51. The van der Waals surface area contributed by atoms with Gasteiger partial charge in [-0.1, -0.05) is 74.0 Å². The Morgan fingerprint density at radius 3 is 2.39 bits per heavy atom. The zero-order valence-electron chi connectivity index (χ0n) is 20.4. The lowest BCUT2D eigenvalue weighted by molar-refractivity contribution is -0.132. The number of guanidine groups is 1. The van der Waals surface area contributed by atoms with Gasteiger partial charge in [0.15, 0.2) is 17.3 Å². The molecule has 0 spiro atoms. The Labute approximate surface area is 215 Å². The van der Waals surface area contributed by atoms with E-state index >= 15 is 0 Å². The van der Waals surface area contributed by atoms with Crippen LogP contribution in [-0.2, 0) is 23.3 Å². The second-order valence-electron chi connectivity index (χ2n) is 9.55. The predicted octanol–water partition coefficient (Wildman–Crippen LogP) is 5.89. The molecule has 1 amide bonds. The number of carbonyl (C=O) groups is 2. The van der Waals surface area contributed by atoms with E-state index in [2.05, 4.69) is 18.8 Å². The standard InChI is InChI=1S/C29H29ClFN3O2/c1-19(2)17-29(22-6-4-3-5-7-22)27(36)34(28(32)33-29)18-21-10-14-25(30)24(16-21)26(35)15-11-20-8-12-23(31)13-9-20/h3-10,12-14,16,19H,11,15,17-18H2,1-2H3,(H2,32,33). The first kappa shape index (κ1) is 25.6. The van der Waals surface area contributed by atoms with E-state index in [1.807, 2.05) is 30.3 Å². The third-order valence-electron chi connectivity index (χ3n) is 6.36. The zero-order chi connectivity index (χ0) is 25.9. The van der Waals surface area contributed by atoms with Crippen molar-refractivity contribution in [2.45, 2.75) is 45.2 Å². The minimum Gasteiger partial charge on any atom is -0.369 e. The van der Waals surface area contributed by atoms with E-state index in [1.54, 1.807) is 30.3 Å². The number of aliphatic imine (C=N–C) groups is 1. The van der Waals surface area contributed by atoms with Gasteiger partial charge < -0.3 is 5.73 Å². The maximum Gasteiger partial charge on any atom is 0.262 e. The number of hydrogen-bond acceptors (Lipinski definition) is 4. The van der Waals surface area contributed by atoms with Crippen LogP contribution in [-0.4, -0.2) is 22.5 Å². The SMILES string of the molecule is CC(C)CC1(c2ccccc2)N=C(N)N(Cc2ccc(Cl)c(C(=O)CCc3ccc(F)cc3)c2)C1=O. The van der Waals surface area contributed by atoms with E-state index < -0.39 is 5.54 Å². The van der Waals surface area contributed by atoms with Crippen molar-refractivity contribution in [3.05, 3.63) is 106 Å². The quantitative estimate of drug-likeness (QED) is 0.368. The summed E-state index contributed by atoms with van der Waals surface area (Å²) in [7, 11) is 0. The third-order valence-corrected chi connectivity index (χ3v) is 6.69. The summed E-state index contributed by atoms with van der Waals surface area (Å²) >= 11 is 6.35. The highest BCUT2D eigenvalue weighted by molar-refractivity contribution is 6.34. The van der Waals surface area contributed by atoms with Gasteiger partial charge in [-0.05, 0) is 59.7 Å². The van der Waals surface area contributed by atoms with E-state index in [0.29, 0.717) is 23.4 Å². The summed E-state index contributed by atoms with van der Waals surface area (Å²) in [6.07, 6.45) is 1.23. The number of Topliss-reactive ketones (excluding diaryl/α,β-unsaturated/α-hetero) is 1. The Balaban J connectivity index is 1.54. The molecular formula is C29H29ClFN3O2. The van der Waals surface area contributed by atoms with Crippen molar-refractivity contribution in [2.75, 3.05) is 0 Å². The fourth-order valence-corrected chi connectivity index (χ4v) is 4.86. The maximum atomic E-state index is 13.8. The third kappa shape index (κ3) is 5.34. The first-order chi connectivity index (χ1) is 17.2. The average Bonchev–Trinajstić information content (AvgIpc) is 3.09. The summed E-state index contributed by atoms with van der Waals surface area (Å²) in [4.78, 5) is 32.9. The van der Waals surface area contributed by atoms with Crippen LogP contribution in [0.5, 0.6) is 0 Å². The second kappa shape index (κ2) is 10.6. The molecule has 1 unspecified atom stereocenters. The number of aryl methyl sites for hydroxylation is 1. The lowest BCUT2D eigenvalue weighted by Crippen LogP contribution is -2.43. The maximum absolute atomic E-state index is 13.8. The molecule has 5 nitrogen and oxygen atoms in total. The minimum absolute atomic E-state index is 0.126. The molecule has 3 aromatic rings. The van der Waals surface area contributed by atoms with Gasteiger partial charge in [0, 0.05) is 12.0 Å². The Morgan fingerprint density at radius 1 is 1.06 bits per heavy atom. The molecule has 0 radical (unpaired) electrons. The number of rotatable bonds is 9. The molecule has 36 heavy (non-hydrogen) atoms. The molecule has 0 aromatic heterocycles. The largest absolute Gasteiger partial charge is 0.369 e. The van der Waals surface area contributed by atoms with Gasteiger partial charge >= 0.3 is 0 Å². The molecule has 0 saturated carbocycles. The molecular weight excluding hydrogens is 477 g/mol. The molecule has 1 heterocycles. The molecule has 0 bridgehead atoms. The molecule has 0 saturated heterocycles. The second-order valence-corrected chi connectivity index (χ2v) is 9.96. The van der Waals surface area contributed by atoms with Crippen molar-refractivity contribution in [2.24, 2.45) is 16.6 Å². The van der Waals surface area contributed by atoms with Crippen LogP contribution in [0.15, 0.2) is 77.8 Å². The summed E-state index contributed by atoms with van der Waals surface area (Å²) in [6, 6.07) is 20.7. The number of halogens is 2. The molecule has 0 fully saturated rings. The van der Waals surface area contributed by atoms with E-state index in [1.165, 1.54) is 17.0 Å². The highest BCUT2D eigenvalue weighted by Crippen LogP contribution is 2.39. The van der Waals surface area contributed by atoms with Gasteiger partial charge in [0.25, 0.3) is 5.91 Å². The van der Waals surface area contributed by atoms with Gasteiger partial charge in [0.05, 0.1) is 11.6 Å². The highest BCUT2D eigenvalue weighted by Gasteiger charge is 2.49. The lowest BCUT2D eigenvalue weighted by atomic mass is 9.82. The van der Waals surface area contributed by atoms with Crippen LogP contribution >= 0.6 is 11.6 Å². The van der Waals surface area contributed by atoms with Gasteiger partial charge in [-0.3, -0.25) is 14.5 Å². The summed E-state index contributed by atoms with van der Waals surface area (Å²) < 4.78 is 13.1. The van der Waals surface area contributed by atoms with Crippen LogP contribution in [0.3, 0.4) is 0 Å². The Morgan fingerprint density at radius 2 is 1.72 bits per heavy atom. The first-order valence-corrected chi connectivity index (χ1v) is 12.4. The molecule has 3 aromatic carbocycles. The van der Waals surface area contributed by atoms with Crippen molar-refractivity contribution in [3.63, 3.8) is 0 Å². The predicted molar refractivity (Wildman–Crippen MR) is 140 cm³/mol. The van der Waals surface area contributed by atoms with Crippen molar-refractivity contribution < 1.29 is 14.0 Å². The van der Waals surface area contributed by atoms with Gasteiger partial charge in [-0.15, -0.1) is 0 Å². The topological polar surface area (TPSA) is 75.8 Å². The molecule has 2 N–H and O–H groups in total. The van der Waals surface area contributed by atoms with Gasteiger partial charge in [-0.2, -0.15) is 0 Å². The number of nitrogens with zero attached hydrogens (tertiary/aromatic N) is 2. The van der Waals surface area contributed by atoms with Crippen molar-refractivity contribution >= 4 is 29.3 Å². The van der Waals surface area contributed by atoms with Crippen LogP contribution in [0.1, 0.15) is 53.7 Å². The highest BCUT2D eigenvalue weighted by atomic mass is 35.5. The minimum atomic E-state index is -1.07. The van der Waals surface area contributed by atoms with Gasteiger partial charge in [0.2, 0.25) is 0 Å². The van der Waals surface area contributed by atoms with Crippen molar-refractivity contribution in [1.29, 1.82) is 0 Å². The first-order valence-electron chi connectivity index (χ1n) is 12.0. The molecule has 1 aliphatic heterocycles. The van der Waals surface area contributed by atoms with Crippen LogP contribution in [0.2, 0.25) is 5.02 Å². The number of nitrogens with two attached hydrogens (primary N) is 1. The lowest BCUT2D eigenvalue weighted by Gasteiger charge is -2.28. The normalized spacial score (nSPS) is 17.5. The zero-order valence-corrected chi connectivity index (χ0v) is 21.1. The summed E-state index contributed by atoms with van der Waals surface area (Å²) in [5.74, 6) is -0.252. The summed E-state index contributed by atoms with van der Waals surface area (Å²) in [5.41, 5.74) is 8.01. The average molecular weight is 506 g/mol. The number of carbonyl (C=O) groups excluding carboxylic acids is 2. The van der Waals surface area contributed by atoms with E-state index in [-0.39, 0.29) is 42.4 Å². The van der Waals surface area contributed by atoms with E-state index in [9.17, 15) is 14.0 Å². The number of benzene rings is 3. The van der Waals surface area contributed by atoms with Crippen LogP contribution in [0.25, 0.3) is 0 Å². The van der Waals surface area contributed by atoms with Crippen molar-refractivity contribution in [1.82, 2.24) is 4.90 Å². The molecule has 1 atom stereocenters. The van der Waals surface area contributed by atoms with Crippen LogP contribution in [0.4, 0.5) is 4.39 Å². The summed E-state index contributed by atoms with van der Waals surface area (Å²) in [5, 5.41) is 0.343. The molecule has 1 aliphatic rings. The monoisotopic (exact) mass is 505 g/mol. The molecule has 4 rings (SSSR count). The Bertz CT molecular complexity index is 1290. The van der Waals surface area contributed by atoms with Crippen LogP contribution < -0.4 is 5.73 Å². The smallest absolute Gasteiger partial charge is 0.262 e.